The van der Waals surface area contributed by atoms with Crippen LogP contribution in [0.5, 0.6) is 0 Å². The van der Waals surface area contributed by atoms with Gasteiger partial charge < -0.3 is 0 Å². The molecule has 2 aliphatic carbocycles. The van der Waals surface area contributed by atoms with Crippen LogP contribution in [-0.4, -0.2) is 0 Å². The van der Waals surface area contributed by atoms with Crippen molar-refractivity contribution in [3.05, 3.63) is 240 Å². The lowest BCUT2D eigenvalue weighted by Gasteiger charge is -2.46. The third kappa shape index (κ3) is 4.66. The molecule has 0 N–H and O–H groups in total. The van der Waals surface area contributed by atoms with Crippen molar-refractivity contribution in [3.63, 3.8) is 0 Å². The molecule has 0 unspecified atom stereocenters. The minimum atomic E-state index is -0.532. The summed E-state index contributed by atoms with van der Waals surface area (Å²) in [6.45, 7) is 4.81. The second-order valence-electron chi connectivity index (χ2n) is 16.0. The molecule has 2 aliphatic rings. The van der Waals surface area contributed by atoms with Crippen LogP contribution in [0.25, 0.3) is 66.4 Å². The van der Waals surface area contributed by atoms with Crippen molar-refractivity contribution >= 4 is 10.8 Å². The zero-order valence-electron chi connectivity index (χ0n) is 31.6. The van der Waals surface area contributed by atoms with Crippen molar-refractivity contribution in [1.82, 2.24) is 0 Å². The molecule has 264 valence electrons. The number of hydrogen-bond acceptors (Lipinski definition) is 0. The number of benzene rings is 9. The van der Waals surface area contributed by atoms with Crippen LogP contribution in [0.2, 0.25) is 0 Å². The van der Waals surface area contributed by atoms with Crippen LogP contribution in [0.1, 0.15) is 47.2 Å². The van der Waals surface area contributed by atoms with Gasteiger partial charge in [-0.2, -0.15) is 0 Å². The van der Waals surface area contributed by atoms with Crippen LogP contribution in [0.15, 0.2) is 206 Å². The van der Waals surface area contributed by atoms with Crippen LogP contribution < -0.4 is 0 Å². The summed E-state index contributed by atoms with van der Waals surface area (Å²) in [6.07, 6.45) is 0. The summed E-state index contributed by atoms with van der Waals surface area (Å²) < 4.78 is 0. The largest absolute Gasteiger partial charge is 0.0720 e. The average molecular weight is 713 g/mol. The standard InChI is InChI=1S/C56H40/c1-55(2)48-27-11-13-29-50(48)56(51-30-14-12-28-49(51)55)52-35-42(41-23-15-21-39(33-41)37-17-5-3-6-18-37)31-32-46(52)54-45-26-10-9-25-44(45)47(36-53(54)56)43-24-16-22-40(34-43)38-19-7-4-8-20-38/h3-36H,1-2H3. The van der Waals surface area contributed by atoms with Gasteiger partial charge in [-0.15, -0.1) is 0 Å². The summed E-state index contributed by atoms with van der Waals surface area (Å²) >= 11 is 0. The van der Waals surface area contributed by atoms with E-state index in [4.69, 9.17) is 0 Å². The first-order valence-electron chi connectivity index (χ1n) is 19.8. The molecule has 1 spiro atoms. The molecule has 0 amide bonds. The third-order valence-electron chi connectivity index (χ3n) is 12.7. The van der Waals surface area contributed by atoms with Gasteiger partial charge in [0.25, 0.3) is 0 Å². The van der Waals surface area contributed by atoms with E-state index in [1.165, 1.54) is 99.8 Å². The van der Waals surface area contributed by atoms with Crippen molar-refractivity contribution < 1.29 is 0 Å². The van der Waals surface area contributed by atoms with E-state index in [2.05, 4.69) is 220 Å². The molecule has 0 nitrogen and oxygen atoms in total. The second kappa shape index (κ2) is 12.4. The molecular weight excluding hydrogens is 673 g/mol. The Balaban J connectivity index is 1.25. The maximum Gasteiger partial charge on any atom is 0.0720 e. The molecule has 9 aromatic rings. The van der Waals surface area contributed by atoms with Gasteiger partial charge in [-0.1, -0.05) is 196 Å². The van der Waals surface area contributed by atoms with Crippen molar-refractivity contribution in [2.45, 2.75) is 24.7 Å². The lowest BCUT2D eigenvalue weighted by molar-refractivity contribution is 0.563. The fraction of sp³-hybridized carbons (Fsp3) is 0.0714. The first-order chi connectivity index (χ1) is 27.5. The van der Waals surface area contributed by atoms with Gasteiger partial charge in [-0.3, -0.25) is 0 Å². The fourth-order valence-electron chi connectivity index (χ4n) is 10.2. The van der Waals surface area contributed by atoms with Crippen LogP contribution >= 0.6 is 0 Å². The Morgan fingerprint density at radius 1 is 0.268 bits per heavy atom. The highest BCUT2D eigenvalue weighted by Gasteiger charge is 2.54. The summed E-state index contributed by atoms with van der Waals surface area (Å²) in [5.41, 5.74) is 20.0. The molecule has 0 fully saturated rings. The zero-order valence-corrected chi connectivity index (χ0v) is 31.6. The summed E-state index contributed by atoms with van der Waals surface area (Å²) in [5, 5.41) is 2.57. The van der Waals surface area contributed by atoms with Gasteiger partial charge in [0, 0.05) is 5.41 Å². The first-order valence-corrected chi connectivity index (χ1v) is 19.8. The maximum atomic E-state index is 2.56. The Morgan fingerprint density at radius 3 is 1.32 bits per heavy atom. The molecule has 0 radical (unpaired) electrons. The van der Waals surface area contributed by atoms with E-state index in [0.29, 0.717) is 0 Å². The van der Waals surface area contributed by atoms with Crippen molar-refractivity contribution in [1.29, 1.82) is 0 Å². The topological polar surface area (TPSA) is 0 Å². The SMILES string of the molecule is CC1(C)c2ccccc2C2(c3cc(-c4cccc(-c5ccccc5)c4)ccc3-c3c2cc(-c2cccc(-c4ccccc4)c2)c2ccccc32)c2ccccc21. The van der Waals surface area contributed by atoms with E-state index in [0.717, 1.165) is 0 Å². The molecule has 0 heteroatoms. The van der Waals surface area contributed by atoms with Gasteiger partial charge in [0.05, 0.1) is 5.41 Å². The summed E-state index contributed by atoms with van der Waals surface area (Å²) in [4.78, 5) is 0. The number of rotatable bonds is 4. The van der Waals surface area contributed by atoms with Gasteiger partial charge in [0.1, 0.15) is 0 Å². The van der Waals surface area contributed by atoms with Crippen molar-refractivity contribution in [2.75, 3.05) is 0 Å². The van der Waals surface area contributed by atoms with Gasteiger partial charge in [-0.25, -0.2) is 0 Å². The minimum Gasteiger partial charge on any atom is -0.0622 e. The predicted molar refractivity (Wildman–Crippen MR) is 235 cm³/mol. The van der Waals surface area contributed by atoms with E-state index in [1.807, 2.05) is 0 Å². The summed E-state index contributed by atoms with van der Waals surface area (Å²) in [5.74, 6) is 0. The monoisotopic (exact) mass is 712 g/mol. The number of hydrogen-bond donors (Lipinski definition) is 0. The normalized spacial score (nSPS) is 14.2. The Labute approximate surface area is 329 Å². The molecular formula is C56H40. The van der Waals surface area contributed by atoms with Gasteiger partial charge in [0.15, 0.2) is 0 Å². The number of fused-ring (bicyclic) bond motifs is 11. The highest BCUT2D eigenvalue weighted by Crippen LogP contribution is 2.64. The van der Waals surface area contributed by atoms with Crippen LogP contribution in [0, 0.1) is 0 Å². The van der Waals surface area contributed by atoms with Crippen LogP contribution in [0.4, 0.5) is 0 Å². The molecule has 0 heterocycles. The third-order valence-corrected chi connectivity index (χ3v) is 12.7. The quantitative estimate of drug-likeness (QED) is 0.170. The van der Waals surface area contributed by atoms with E-state index in [9.17, 15) is 0 Å². The average Bonchev–Trinajstić information content (AvgIpc) is 3.56. The van der Waals surface area contributed by atoms with Crippen LogP contribution in [0.3, 0.4) is 0 Å². The Morgan fingerprint density at radius 2 is 0.714 bits per heavy atom. The lowest BCUT2D eigenvalue weighted by Crippen LogP contribution is -2.40. The highest BCUT2D eigenvalue weighted by atomic mass is 14.5. The molecule has 0 atom stereocenters. The fourth-order valence-corrected chi connectivity index (χ4v) is 10.2. The minimum absolute atomic E-state index is 0.174. The molecule has 9 aromatic carbocycles. The summed E-state index contributed by atoms with van der Waals surface area (Å²) in [7, 11) is 0. The molecule has 0 bridgehead atoms. The first kappa shape index (κ1) is 32.7. The Hall–Kier alpha value is -6.76. The predicted octanol–water partition coefficient (Wildman–Crippen LogP) is 14.5. The zero-order chi connectivity index (χ0) is 37.4. The summed E-state index contributed by atoms with van der Waals surface area (Å²) in [6, 6.07) is 77.1. The van der Waals surface area contributed by atoms with Gasteiger partial charge in [-0.05, 0) is 124 Å². The van der Waals surface area contributed by atoms with Crippen molar-refractivity contribution in [3.8, 4) is 55.6 Å². The molecule has 11 rings (SSSR count). The van der Waals surface area contributed by atoms with E-state index in [-0.39, 0.29) is 5.41 Å². The molecule has 0 aromatic heterocycles. The van der Waals surface area contributed by atoms with E-state index < -0.39 is 5.41 Å². The van der Waals surface area contributed by atoms with Crippen LogP contribution in [-0.2, 0) is 10.8 Å². The molecule has 56 heavy (non-hydrogen) atoms. The van der Waals surface area contributed by atoms with Gasteiger partial charge >= 0.3 is 0 Å². The Kier molecular flexibility index (Phi) is 7.22. The van der Waals surface area contributed by atoms with Crippen molar-refractivity contribution in [2.24, 2.45) is 0 Å². The Bertz CT molecular complexity index is 2930. The molecule has 0 saturated heterocycles. The lowest BCUT2D eigenvalue weighted by atomic mass is 9.55. The second-order valence-corrected chi connectivity index (χ2v) is 16.0. The molecule has 0 aliphatic heterocycles. The van der Waals surface area contributed by atoms with Gasteiger partial charge in [0.2, 0.25) is 0 Å². The van der Waals surface area contributed by atoms with E-state index in [1.54, 1.807) is 0 Å². The smallest absolute Gasteiger partial charge is 0.0622 e. The maximum absolute atomic E-state index is 2.56. The highest BCUT2D eigenvalue weighted by molar-refractivity contribution is 6.10. The van der Waals surface area contributed by atoms with E-state index >= 15 is 0 Å². The molecule has 0 saturated carbocycles.